The molecule has 1 aliphatic rings. The maximum atomic E-state index is 5.19. The van der Waals surface area contributed by atoms with Gasteiger partial charge in [-0.05, 0) is 42.0 Å². The summed E-state index contributed by atoms with van der Waals surface area (Å²) in [4.78, 5) is 11.7. The van der Waals surface area contributed by atoms with Gasteiger partial charge in [0.1, 0.15) is 5.75 Å². The highest BCUT2D eigenvalue weighted by molar-refractivity contribution is 9.10. The average Bonchev–Trinajstić information content (AvgIpc) is 2.69. The van der Waals surface area contributed by atoms with Crippen LogP contribution in [0.5, 0.6) is 5.75 Å². The predicted molar refractivity (Wildman–Crippen MR) is 110 cm³/mol. The zero-order chi connectivity index (χ0) is 18.6. The van der Waals surface area contributed by atoms with E-state index in [1.165, 1.54) is 11.1 Å². The largest absolute Gasteiger partial charge is 0.497 e. The number of methoxy groups -OCH3 is 1. The number of aromatic nitrogens is 2. The lowest BCUT2D eigenvalue weighted by Crippen LogP contribution is -2.31. The molecule has 5 nitrogen and oxygen atoms in total. The van der Waals surface area contributed by atoms with Crippen LogP contribution < -0.4 is 10.1 Å². The third kappa shape index (κ3) is 4.46. The van der Waals surface area contributed by atoms with Crippen molar-refractivity contribution >= 4 is 27.6 Å². The van der Waals surface area contributed by atoms with Gasteiger partial charge in [0.2, 0.25) is 5.95 Å². The molecule has 1 aliphatic heterocycles. The number of hydrogen-bond donors (Lipinski definition) is 1. The SMILES string of the molecule is COc1ccc(Nc2ncc3c(n2)CCN(Cc2cccc(Br)c2)C3)cc1. The van der Waals surface area contributed by atoms with Crippen LogP contribution in [0, 0.1) is 0 Å². The summed E-state index contributed by atoms with van der Waals surface area (Å²) in [6, 6.07) is 16.2. The monoisotopic (exact) mass is 424 g/mol. The Morgan fingerprint density at radius 3 is 2.81 bits per heavy atom. The number of ether oxygens (including phenoxy) is 1. The third-order valence-corrected chi connectivity index (χ3v) is 5.15. The van der Waals surface area contributed by atoms with Gasteiger partial charge in [-0.2, -0.15) is 0 Å². The summed E-state index contributed by atoms with van der Waals surface area (Å²) < 4.78 is 6.31. The molecule has 4 rings (SSSR count). The Kier molecular flexibility index (Phi) is 5.36. The van der Waals surface area contributed by atoms with E-state index < -0.39 is 0 Å². The molecule has 0 spiro atoms. The highest BCUT2D eigenvalue weighted by Crippen LogP contribution is 2.23. The van der Waals surface area contributed by atoms with Crippen LogP contribution in [-0.4, -0.2) is 28.5 Å². The maximum absolute atomic E-state index is 5.19. The molecule has 0 unspecified atom stereocenters. The van der Waals surface area contributed by atoms with Gasteiger partial charge in [-0.1, -0.05) is 28.1 Å². The minimum absolute atomic E-state index is 0.638. The van der Waals surface area contributed by atoms with Gasteiger partial charge in [-0.25, -0.2) is 9.97 Å². The number of hydrogen-bond acceptors (Lipinski definition) is 5. The Bertz CT molecular complexity index is 930. The fourth-order valence-electron chi connectivity index (χ4n) is 3.27. The van der Waals surface area contributed by atoms with Gasteiger partial charge in [0.05, 0.1) is 12.8 Å². The van der Waals surface area contributed by atoms with Crippen molar-refractivity contribution in [2.75, 3.05) is 19.0 Å². The molecule has 0 radical (unpaired) electrons. The van der Waals surface area contributed by atoms with Gasteiger partial charge in [-0.15, -0.1) is 0 Å². The highest BCUT2D eigenvalue weighted by Gasteiger charge is 2.18. The number of anilines is 2. The van der Waals surface area contributed by atoms with Crippen molar-refractivity contribution in [1.82, 2.24) is 14.9 Å². The lowest BCUT2D eigenvalue weighted by Gasteiger charge is -2.28. The van der Waals surface area contributed by atoms with Crippen LogP contribution in [0.4, 0.5) is 11.6 Å². The summed E-state index contributed by atoms with van der Waals surface area (Å²) in [5.74, 6) is 1.47. The van der Waals surface area contributed by atoms with Crippen molar-refractivity contribution < 1.29 is 4.74 Å². The van der Waals surface area contributed by atoms with Gasteiger partial charge >= 0.3 is 0 Å². The van der Waals surface area contributed by atoms with Gasteiger partial charge in [0, 0.05) is 48.0 Å². The van der Waals surface area contributed by atoms with E-state index in [0.717, 1.165) is 47.7 Å². The first kappa shape index (κ1) is 17.9. The first-order valence-electron chi connectivity index (χ1n) is 8.92. The van der Waals surface area contributed by atoms with E-state index in [1.807, 2.05) is 30.5 Å². The summed E-state index contributed by atoms with van der Waals surface area (Å²) >= 11 is 3.54. The number of rotatable bonds is 5. The Morgan fingerprint density at radius 1 is 1.19 bits per heavy atom. The Hall–Kier alpha value is -2.44. The number of fused-ring (bicyclic) bond motifs is 1. The first-order valence-corrected chi connectivity index (χ1v) is 9.71. The highest BCUT2D eigenvalue weighted by atomic mass is 79.9. The Labute approximate surface area is 167 Å². The van der Waals surface area contributed by atoms with Crippen LogP contribution in [0.15, 0.2) is 59.2 Å². The first-order chi connectivity index (χ1) is 13.2. The van der Waals surface area contributed by atoms with Gasteiger partial charge < -0.3 is 10.1 Å². The smallest absolute Gasteiger partial charge is 0.227 e. The van der Waals surface area contributed by atoms with Crippen molar-refractivity contribution in [1.29, 1.82) is 0 Å². The van der Waals surface area contributed by atoms with Crippen molar-refractivity contribution in [2.45, 2.75) is 19.5 Å². The van der Waals surface area contributed by atoms with E-state index in [4.69, 9.17) is 9.72 Å². The Morgan fingerprint density at radius 2 is 2.04 bits per heavy atom. The molecule has 2 heterocycles. The summed E-state index contributed by atoms with van der Waals surface area (Å²) in [6.07, 6.45) is 2.88. The number of halogens is 1. The summed E-state index contributed by atoms with van der Waals surface area (Å²) in [5.41, 5.74) is 4.59. The molecule has 0 saturated carbocycles. The van der Waals surface area contributed by atoms with Crippen molar-refractivity contribution in [2.24, 2.45) is 0 Å². The quantitative estimate of drug-likeness (QED) is 0.650. The molecule has 3 aromatic rings. The molecule has 6 heteroatoms. The predicted octanol–water partition coefficient (Wildman–Crippen LogP) is 4.55. The van der Waals surface area contributed by atoms with Crippen LogP contribution >= 0.6 is 15.9 Å². The van der Waals surface area contributed by atoms with E-state index in [0.29, 0.717) is 5.95 Å². The van der Waals surface area contributed by atoms with Gasteiger partial charge in [-0.3, -0.25) is 4.90 Å². The zero-order valence-corrected chi connectivity index (χ0v) is 16.7. The molecule has 0 aliphatic carbocycles. The lowest BCUT2D eigenvalue weighted by molar-refractivity contribution is 0.243. The standard InChI is InChI=1S/C21H21BrN4O/c1-27-19-7-5-18(6-8-19)24-21-23-12-16-14-26(10-9-20(16)25-21)13-15-3-2-4-17(22)11-15/h2-8,11-12H,9-10,13-14H2,1H3,(H,23,24,25). The molecule has 0 atom stereocenters. The topological polar surface area (TPSA) is 50.3 Å². The van der Waals surface area contributed by atoms with E-state index in [-0.39, 0.29) is 0 Å². The van der Waals surface area contributed by atoms with Gasteiger partial charge in [0.25, 0.3) is 0 Å². The molecular formula is C21H21BrN4O. The van der Waals surface area contributed by atoms with E-state index in [2.05, 4.69) is 55.4 Å². The van der Waals surface area contributed by atoms with Gasteiger partial charge in [0.15, 0.2) is 0 Å². The second-order valence-corrected chi connectivity index (χ2v) is 7.53. The molecule has 0 saturated heterocycles. The molecular weight excluding hydrogens is 404 g/mol. The van der Waals surface area contributed by atoms with Crippen LogP contribution in [0.25, 0.3) is 0 Å². The van der Waals surface area contributed by atoms with Crippen molar-refractivity contribution in [3.63, 3.8) is 0 Å². The normalized spacial score (nSPS) is 13.9. The van der Waals surface area contributed by atoms with E-state index in [9.17, 15) is 0 Å². The summed E-state index contributed by atoms with van der Waals surface area (Å²) in [6.45, 7) is 2.81. The molecule has 1 N–H and O–H groups in total. The number of nitrogens with zero attached hydrogens (tertiary/aromatic N) is 3. The lowest BCUT2D eigenvalue weighted by atomic mass is 10.1. The molecule has 0 amide bonds. The molecule has 0 bridgehead atoms. The fourth-order valence-corrected chi connectivity index (χ4v) is 3.71. The molecule has 2 aromatic carbocycles. The Balaban J connectivity index is 1.43. The fraction of sp³-hybridized carbons (Fsp3) is 0.238. The maximum Gasteiger partial charge on any atom is 0.227 e. The second kappa shape index (κ2) is 8.06. The number of benzene rings is 2. The zero-order valence-electron chi connectivity index (χ0n) is 15.2. The molecule has 138 valence electrons. The van der Waals surface area contributed by atoms with Crippen LogP contribution in [0.3, 0.4) is 0 Å². The summed E-state index contributed by atoms with van der Waals surface area (Å²) in [7, 11) is 1.66. The van der Waals surface area contributed by atoms with E-state index >= 15 is 0 Å². The second-order valence-electron chi connectivity index (χ2n) is 6.61. The van der Waals surface area contributed by atoms with Crippen molar-refractivity contribution in [3.05, 3.63) is 76.0 Å². The van der Waals surface area contributed by atoms with E-state index in [1.54, 1.807) is 7.11 Å². The molecule has 1 aromatic heterocycles. The van der Waals surface area contributed by atoms with Crippen LogP contribution in [0.1, 0.15) is 16.8 Å². The van der Waals surface area contributed by atoms with Crippen molar-refractivity contribution in [3.8, 4) is 5.75 Å². The minimum atomic E-state index is 0.638. The molecule has 27 heavy (non-hydrogen) atoms. The third-order valence-electron chi connectivity index (χ3n) is 4.65. The summed E-state index contributed by atoms with van der Waals surface area (Å²) in [5, 5.41) is 3.27. The molecule has 0 fully saturated rings. The average molecular weight is 425 g/mol. The number of nitrogens with one attached hydrogen (secondary N) is 1. The van der Waals surface area contributed by atoms with Crippen LogP contribution in [0.2, 0.25) is 0 Å². The minimum Gasteiger partial charge on any atom is -0.497 e. The van der Waals surface area contributed by atoms with Crippen LogP contribution in [-0.2, 0) is 19.5 Å².